The van der Waals surface area contributed by atoms with Crippen LogP contribution >= 0.6 is 0 Å². The van der Waals surface area contributed by atoms with E-state index >= 15 is 0 Å². The van der Waals surface area contributed by atoms with Gasteiger partial charge in [0.2, 0.25) is 0 Å². The van der Waals surface area contributed by atoms with Crippen LogP contribution in [0, 0.1) is 0 Å². The van der Waals surface area contributed by atoms with Crippen molar-refractivity contribution in [3.63, 3.8) is 0 Å². The van der Waals surface area contributed by atoms with Gasteiger partial charge >= 0.3 is 0 Å². The fourth-order valence-electron chi connectivity index (χ4n) is 5.18. The van der Waals surface area contributed by atoms with E-state index in [9.17, 15) is 0 Å². The summed E-state index contributed by atoms with van der Waals surface area (Å²) in [6.07, 6.45) is 0. The lowest BCUT2D eigenvalue weighted by Gasteiger charge is -2.36. The number of hydrogen-bond acceptors (Lipinski definition) is 9. The van der Waals surface area contributed by atoms with E-state index < -0.39 is 5.60 Å². The van der Waals surface area contributed by atoms with Crippen LogP contribution in [0.5, 0.6) is 5.75 Å². The molecule has 0 aliphatic carbocycles. The van der Waals surface area contributed by atoms with Crippen LogP contribution in [0.4, 0.5) is 0 Å². The highest BCUT2D eigenvalue weighted by atomic mass is 16.6. The highest BCUT2D eigenvalue weighted by Crippen LogP contribution is 2.40. The van der Waals surface area contributed by atoms with Crippen molar-refractivity contribution in [1.82, 2.24) is 0 Å². The van der Waals surface area contributed by atoms with E-state index in [1.54, 1.807) is 0 Å². The van der Waals surface area contributed by atoms with Crippen molar-refractivity contribution in [2.24, 2.45) is 0 Å². The fraction of sp³-hybridized carbons (Fsp3) is 0.415. The molecule has 0 amide bonds. The summed E-state index contributed by atoms with van der Waals surface area (Å²) < 4.78 is 51.4. The Kier molecular flexibility index (Phi) is 19.8. The Balaban J connectivity index is 0.936. The molecule has 0 heterocycles. The molecule has 4 rings (SSSR count). The SMILES string of the molecule is c1ccc(OCCOCCOCCOCCOCCOCCOCCOCCOC(c2ccccc2)(c2ccccc2)c2ccccc2)cc1. The summed E-state index contributed by atoms with van der Waals surface area (Å²) in [6.45, 7) is 7.97. The van der Waals surface area contributed by atoms with Crippen molar-refractivity contribution in [2.75, 3.05) is 106 Å². The average Bonchev–Trinajstić information content (AvgIpc) is 3.18. The van der Waals surface area contributed by atoms with Crippen molar-refractivity contribution in [3.8, 4) is 5.75 Å². The number of ether oxygens (including phenoxy) is 9. The van der Waals surface area contributed by atoms with E-state index in [1.807, 2.05) is 84.9 Å². The first-order valence-corrected chi connectivity index (χ1v) is 17.4. The second-order valence-electron chi connectivity index (χ2n) is 11.1. The van der Waals surface area contributed by atoms with Crippen LogP contribution in [0.15, 0.2) is 121 Å². The van der Waals surface area contributed by atoms with E-state index in [0.29, 0.717) is 106 Å². The Morgan fingerprint density at radius 2 is 0.540 bits per heavy atom. The summed E-state index contributed by atoms with van der Waals surface area (Å²) >= 11 is 0. The van der Waals surface area contributed by atoms with Crippen LogP contribution in [0.1, 0.15) is 16.7 Å². The maximum Gasteiger partial charge on any atom is 0.143 e. The maximum absolute atomic E-state index is 6.73. The van der Waals surface area contributed by atoms with E-state index in [0.717, 1.165) is 22.4 Å². The Bertz CT molecular complexity index is 1250. The fourth-order valence-corrected chi connectivity index (χ4v) is 5.18. The molecule has 4 aromatic carbocycles. The molecule has 0 N–H and O–H groups in total. The molecule has 4 aromatic rings. The second kappa shape index (κ2) is 25.3. The van der Waals surface area contributed by atoms with Gasteiger partial charge in [0.25, 0.3) is 0 Å². The zero-order valence-corrected chi connectivity index (χ0v) is 29.0. The molecule has 0 saturated heterocycles. The van der Waals surface area contributed by atoms with Crippen LogP contribution in [-0.2, 0) is 43.5 Å². The van der Waals surface area contributed by atoms with E-state index in [1.165, 1.54) is 0 Å². The molecule has 0 atom stereocenters. The van der Waals surface area contributed by atoms with Crippen LogP contribution in [0.25, 0.3) is 0 Å². The standard InChI is InChI=1S/C41H52O9/c1-5-13-37(14-6-1)41(38-15-7-2-8-16-38,39-17-9-3-10-18-39)50-36-34-48-32-30-46-28-26-44-24-22-42-21-23-43-25-27-45-29-31-47-33-35-49-40-19-11-4-12-20-40/h1-20H,21-36H2. The number of hydrogen-bond donors (Lipinski definition) is 0. The van der Waals surface area contributed by atoms with Gasteiger partial charge in [-0.25, -0.2) is 0 Å². The van der Waals surface area contributed by atoms with Gasteiger partial charge in [0.05, 0.1) is 99.1 Å². The predicted octanol–water partition coefficient (Wildman–Crippen LogP) is 6.19. The zero-order valence-electron chi connectivity index (χ0n) is 29.0. The quantitative estimate of drug-likeness (QED) is 0.0490. The molecule has 0 bridgehead atoms. The van der Waals surface area contributed by atoms with Gasteiger partial charge < -0.3 is 42.6 Å². The third-order valence-corrected chi connectivity index (χ3v) is 7.56. The lowest BCUT2D eigenvalue weighted by atomic mass is 9.80. The summed E-state index contributed by atoms with van der Waals surface area (Å²) in [4.78, 5) is 0. The number of para-hydroxylation sites is 1. The smallest absolute Gasteiger partial charge is 0.143 e. The minimum atomic E-state index is -0.747. The molecule has 0 saturated carbocycles. The lowest BCUT2D eigenvalue weighted by Crippen LogP contribution is -2.34. The third kappa shape index (κ3) is 14.7. The topological polar surface area (TPSA) is 83.1 Å². The van der Waals surface area contributed by atoms with Gasteiger partial charge in [-0.05, 0) is 28.8 Å². The molecule has 0 aliphatic rings. The molecule has 0 unspecified atom stereocenters. The average molecular weight is 689 g/mol. The largest absolute Gasteiger partial charge is 0.491 e. The summed E-state index contributed by atoms with van der Waals surface area (Å²) in [5, 5.41) is 0. The maximum atomic E-state index is 6.73. The summed E-state index contributed by atoms with van der Waals surface area (Å²) in [5.41, 5.74) is 2.46. The highest BCUT2D eigenvalue weighted by molar-refractivity contribution is 5.47. The molecule has 270 valence electrons. The molecular formula is C41H52O9. The van der Waals surface area contributed by atoms with Gasteiger partial charge in [0.1, 0.15) is 18.0 Å². The number of benzene rings is 4. The van der Waals surface area contributed by atoms with Crippen molar-refractivity contribution in [1.29, 1.82) is 0 Å². The minimum Gasteiger partial charge on any atom is -0.491 e. The van der Waals surface area contributed by atoms with Crippen molar-refractivity contribution >= 4 is 0 Å². The molecule has 0 spiro atoms. The Morgan fingerprint density at radius 1 is 0.280 bits per heavy atom. The number of rotatable bonds is 29. The van der Waals surface area contributed by atoms with Crippen molar-refractivity contribution < 1.29 is 42.6 Å². The molecule has 0 radical (unpaired) electrons. The molecule has 0 aliphatic heterocycles. The third-order valence-electron chi connectivity index (χ3n) is 7.56. The van der Waals surface area contributed by atoms with Crippen LogP contribution < -0.4 is 4.74 Å². The van der Waals surface area contributed by atoms with E-state index in [-0.39, 0.29) is 0 Å². The molecule has 0 fully saturated rings. The predicted molar refractivity (Wildman–Crippen MR) is 193 cm³/mol. The molecule has 9 heteroatoms. The Morgan fingerprint density at radius 3 is 0.860 bits per heavy atom. The Hall–Kier alpha value is -3.64. The monoisotopic (exact) mass is 688 g/mol. The van der Waals surface area contributed by atoms with Gasteiger partial charge in [-0.3, -0.25) is 0 Å². The van der Waals surface area contributed by atoms with Crippen LogP contribution in [0.2, 0.25) is 0 Å². The van der Waals surface area contributed by atoms with Crippen LogP contribution in [-0.4, -0.2) is 106 Å². The summed E-state index contributed by atoms with van der Waals surface area (Å²) in [6, 6.07) is 40.7. The first-order valence-electron chi connectivity index (χ1n) is 17.4. The Labute approximate surface area is 297 Å². The normalized spacial score (nSPS) is 11.5. The van der Waals surface area contributed by atoms with Gasteiger partial charge in [-0.15, -0.1) is 0 Å². The lowest BCUT2D eigenvalue weighted by molar-refractivity contribution is -0.0397. The second-order valence-corrected chi connectivity index (χ2v) is 11.1. The first kappa shape index (κ1) is 39.2. The van der Waals surface area contributed by atoms with Gasteiger partial charge in [-0.2, -0.15) is 0 Å². The first-order chi connectivity index (χ1) is 24.9. The molecular weight excluding hydrogens is 636 g/mol. The summed E-state index contributed by atoms with van der Waals surface area (Å²) in [7, 11) is 0. The van der Waals surface area contributed by atoms with Crippen LogP contribution in [0.3, 0.4) is 0 Å². The van der Waals surface area contributed by atoms with Gasteiger partial charge in [0, 0.05) is 0 Å². The molecule has 0 aromatic heterocycles. The zero-order chi connectivity index (χ0) is 34.6. The van der Waals surface area contributed by atoms with Crippen molar-refractivity contribution in [2.45, 2.75) is 5.60 Å². The van der Waals surface area contributed by atoms with Crippen molar-refractivity contribution in [3.05, 3.63) is 138 Å². The van der Waals surface area contributed by atoms with Gasteiger partial charge in [0.15, 0.2) is 0 Å². The van der Waals surface area contributed by atoms with Gasteiger partial charge in [-0.1, -0.05) is 109 Å². The van der Waals surface area contributed by atoms with E-state index in [4.69, 9.17) is 42.6 Å². The molecule has 9 nitrogen and oxygen atoms in total. The summed E-state index contributed by atoms with van der Waals surface area (Å²) in [5.74, 6) is 0.845. The molecule has 50 heavy (non-hydrogen) atoms. The highest BCUT2D eigenvalue weighted by Gasteiger charge is 2.37. The minimum absolute atomic E-state index is 0.419. The van der Waals surface area contributed by atoms with E-state index in [2.05, 4.69) is 36.4 Å².